The minimum atomic E-state index is -0.284. The lowest BCUT2D eigenvalue weighted by Gasteiger charge is -2.55. The van der Waals surface area contributed by atoms with Gasteiger partial charge >= 0.3 is 0 Å². The number of carbonyl (C=O) groups is 2. The van der Waals surface area contributed by atoms with E-state index in [-0.39, 0.29) is 17.9 Å². The molecule has 0 aromatic carbocycles. The normalized spacial score (nSPS) is 46.0. The van der Waals surface area contributed by atoms with Crippen LogP contribution >= 0.6 is 0 Å². The third-order valence-corrected chi connectivity index (χ3v) is 7.61. The van der Waals surface area contributed by atoms with Gasteiger partial charge in [-0.1, -0.05) is 12.5 Å². The topological polar surface area (TPSA) is 34.1 Å². The van der Waals surface area contributed by atoms with Gasteiger partial charge in [-0.2, -0.15) is 0 Å². The Hall–Kier alpha value is -0.990. The second-order valence-corrected chi connectivity index (χ2v) is 8.54. The van der Waals surface area contributed by atoms with Crippen molar-refractivity contribution in [2.45, 2.75) is 58.3 Å². The van der Waals surface area contributed by atoms with E-state index in [0.717, 1.165) is 38.5 Å². The number of Topliss-reactive ketones (excluding diaryl/α,β-unsaturated/α-hetero) is 1. The standard InChI is InChI=1S/C20H27FO2/c1-20-11-13(8-9-21)19-15-5-3-14(22)10-12(15)2-4-16(19)17(20)6-7-18(20)23/h10,13,15-17,19H,2-9,11H2,1H3/t13-,15-,16-,17-,19+,20-/m0/s1. The fourth-order valence-electron chi connectivity index (χ4n) is 6.70. The van der Waals surface area contributed by atoms with Crippen molar-refractivity contribution in [3.8, 4) is 0 Å². The van der Waals surface area contributed by atoms with E-state index in [1.807, 2.05) is 6.08 Å². The molecule has 4 aliphatic carbocycles. The Labute approximate surface area is 137 Å². The predicted molar refractivity (Wildman–Crippen MR) is 86.6 cm³/mol. The number of fused-ring (bicyclic) bond motifs is 5. The van der Waals surface area contributed by atoms with Crippen LogP contribution in [0.2, 0.25) is 0 Å². The molecule has 0 N–H and O–H groups in total. The van der Waals surface area contributed by atoms with Crippen LogP contribution in [0.1, 0.15) is 58.3 Å². The lowest BCUT2D eigenvalue weighted by Crippen LogP contribution is -2.51. The smallest absolute Gasteiger partial charge is 0.155 e. The lowest BCUT2D eigenvalue weighted by molar-refractivity contribution is -0.134. The predicted octanol–water partition coefficient (Wildman–Crippen LogP) is 4.28. The molecule has 126 valence electrons. The van der Waals surface area contributed by atoms with Crippen molar-refractivity contribution >= 4 is 11.6 Å². The Morgan fingerprint density at radius 3 is 2.78 bits per heavy atom. The van der Waals surface area contributed by atoms with Crippen molar-refractivity contribution in [3.63, 3.8) is 0 Å². The first-order chi connectivity index (χ1) is 11.0. The molecule has 0 heterocycles. The van der Waals surface area contributed by atoms with Crippen LogP contribution in [0, 0.1) is 35.0 Å². The Kier molecular flexibility index (Phi) is 3.73. The molecular formula is C20H27FO2. The lowest BCUT2D eigenvalue weighted by atomic mass is 9.48. The van der Waals surface area contributed by atoms with Crippen LogP contribution in [-0.4, -0.2) is 18.2 Å². The number of hydrogen-bond acceptors (Lipinski definition) is 2. The highest BCUT2D eigenvalue weighted by molar-refractivity contribution is 5.91. The average Bonchev–Trinajstić information content (AvgIpc) is 2.82. The first kappa shape index (κ1) is 15.5. The molecule has 0 aromatic heterocycles. The molecule has 0 amide bonds. The molecule has 0 unspecified atom stereocenters. The second kappa shape index (κ2) is 5.53. The molecule has 0 bridgehead atoms. The number of rotatable bonds is 2. The quantitative estimate of drug-likeness (QED) is 0.761. The zero-order valence-corrected chi connectivity index (χ0v) is 14.0. The van der Waals surface area contributed by atoms with Crippen molar-refractivity contribution in [2.75, 3.05) is 6.67 Å². The van der Waals surface area contributed by atoms with Crippen molar-refractivity contribution in [2.24, 2.45) is 35.0 Å². The summed E-state index contributed by atoms with van der Waals surface area (Å²) in [6.07, 6.45) is 8.82. The van der Waals surface area contributed by atoms with E-state index >= 15 is 0 Å². The van der Waals surface area contributed by atoms with E-state index in [2.05, 4.69) is 6.92 Å². The molecule has 0 saturated heterocycles. The summed E-state index contributed by atoms with van der Waals surface area (Å²) in [6, 6.07) is 0. The number of halogens is 1. The summed E-state index contributed by atoms with van der Waals surface area (Å²) in [5, 5.41) is 0. The zero-order chi connectivity index (χ0) is 16.2. The molecule has 4 rings (SSSR count). The molecule has 2 nitrogen and oxygen atoms in total. The van der Waals surface area contributed by atoms with Gasteiger partial charge in [-0.25, -0.2) is 0 Å². The maximum atomic E-state index is 13.2. The zero-order valence-electron chi connectivity index (χ0n) is 14.0. The average molecular weight is 318 g/mol. The maximum Gasteiger partial charge on any atom is 0.155 e. The Bertz CT molecular complexity index is 566. The van der Waals surface area contributed by atoms with E-state index in [0.29, 0.717) is 48.2 Å². The molecular weight excluding hydrogens is 291 g/mol. The summed E-state index contributed by atoms with van der Waals surface area (Å²) >= 11 is 0. The van der Waals surface area contributed by atoms with Gasteiger partial charge in [-0.15, -0.1) is 0 Å². The van der Waals surface area contributed by atoms with Crippen molar-refractivity contribution < 1.29 is 14.0 Å². The highest BCUT2D eigenvalue weighted by Gasteiger charge is 2.58. The Morgan fingerprint density at radius 2 is 2.00 bits per heavy atom. The number of ketones is 2. The molecule has 0 aliphatic heterocycles. The molecule has 3 fully saturated rings. The summed E-state index contributed by atoms with van der Waals surface area (Å²) < 4.78 is 13.2. The number of carbonyl (C=O) groups excluding carboxylic acids is 2. The molecule has 3 heteroatoms. The number of hydrogen-bond donors (Lipinski definition) is 0. The molecule has 0 radical (unpaired) electrons. The summed E-state index contributed by atoms with van der Waals surface area (Å²) in [5.41, 5.74) is 1.13. The van der Waals surface area contributed by atoms with Gasteiger partial charge < -0.3 is 0 Å². The van der Waals surface area contributed by atoms with Gasteiger partial charge in [0.05, 0.1) is 6.67 Å². The monoisotopic (exact) mass is 318 g/mol. The first-order valence-electron chi connectivity index (χ1n) is 9.37. The highest BCUT2D eigenvalue weighted by atomic mass is 19.1. The first-order valence-corrected chi connectivity index (χ1v) is 9.37. The van der Waals surface area contributed by atoms with E-state index < -0.39 is 0 Å². The fraction of sp³-hybridized carbons (Fsp3) is 0.800. The molecule has 3 saturated carbocycles. The SMILES string of the molecule is C[C@]12C[C@H](CCF)[C@H]3[C@@H](CCC4=CC(=O)CC[C@@H]43)[C@@H]1CCC2=O. The number of allylic oxidation sites excluding steroid dienone is 1. The van der Waals surface area contributed by atoms with Crippen molar-refractivity contribution in [1.82, 2.24) is 0 Å². The largest absolute Gasteiger partial charge is 0.299 e. The molecule has 23 heavy (non-hydrogen) atoms. The van der Waals surface area contributed by atoms with Crippen LogP contribution in [0.3, 0.4) is 0 Å². The summed E-state index contributed by atoms with van der Waals surface area (Å²) in [7, 11) is 0. The maximum absolute atomic E-state index is 13.2. The fourth-order valence-corrected chi connectivity index (χ4v) is 6.70. The van der Waals surface area contributed by atoms with Gasteiger partial charge in [-0.05, 0) is 74.2 Å². The van der Waals surface area contributed by atoms with Crippen LogP contribution in [0.5, 0.6) is 0 Å². The summed E-state index contributed by atoms with van der Waals surface area (Å²) in [4.78, 5) is 24.3. The highest BCUT2D eigenvalue weighted by Crippen LogP contribution is 2.62. The van der Waals surface area contributed by atoms with Crippen LogP contribution in [-0.2, 0) is 9.59 Å². The van der Waals surface area contributed by atoms with Crippen LogP contribution in [0.4, 0.5) is 4.39 Å². The molecule has 6 atom stereocenters. The van der Waals surface area contributed by atoms with E-state index in [9.17, 15) is 14.0 Å². The third kappa shape index (κ3) is 2.26. The van der Waals surface area contributed by atoms with E-state index in [4.69, 9.17) is 0 Å². The molecule has 0 aromatic rings. The van der Waals surface area contributed by atoms with Gasteiger partial charge in [0.25, 0.3) is 0 Å². The molecule has 4 aliphatic rings. The van der Waals surface area contributed by atoms with Crippen LogP contribution in [0.25, 0.3) is 0 Å². The van der Waals surface area contributed by atoms with Crippen LogP contribution < -0.4 is 0 Å². The van der Waals surface area contributed by atoms with Crippen LogP contribution in [0.15, 0.2) is 11.6 Å². The van der Waals surface area contributed by atoms with Crippen molar-refractivity contribution in [3.05, 3.63) is 11.6 Å². The van der Waals surface area contributed by atoms with Gasteiger partial charge in [0.1, 0.15) is 5.78 Å². The summed E-state index contributed by atoms with van der Waals surface area (Å²) in [6.45, 7) is 1.87. The number of alkyl halides is 1. The van der Waals surface area contributed by atoms with Crippen molar-refractivity contribution in [1.29, 1.82) is 0 Å². The van der Waals surface area contributed by atoms with Gasteiger partial charge in [0.15, 0.2) is 5.78 Å². The second-order valence-electron chi connectivity index (χ2n) is 8.54. The minimum absolute atomic E-state index is 0.202. The van der Waals surface area contributed by atoms with Gasteiger partial charge in [0, 0.05) is 18.3 Å². The minimum Gasteiger partial charge on any atom is -0.299 e. The Balaban J connectivity index is 1.71. The van der Waals surface area contributed by atoms with E-state index in [1.54, 1.807) is 0 Å². The van der Waals surface area contributed by atoms with E-state index in [1.165, 1.54) is 5.57 Å². The Morgan fingerprint density at radius 1 is 1.17 bits per heavy atom. The third-order valence-electron chi connectivity index (χ3n) is 7.61. The molecule has 0 spiro atoms. The van der Waals surface area contributed by atoms with Gasteiger partial charge in [-0.3, -0.25) is 14.0 Å². The summed E-state index contributed by atoms with van der Waals surface area (Å²) in [5.74, 6) is 3.04. The van der Waals surface area contributed by atoms with Gasteiger partial charge in [0.2, 0.25) is 0 Å².